The molecule has 5 nitrogen and oxygen atoms in total. The van der Waals surface area contributed by atoms with Crippen molar-refractivity contribution in [3.63, 3.8) is 0 Å². The Balaban J connectivity index is 1.32. The van der Waals surface area contributed by atoms with E-state index >= 15 is 0 Å². The predicted molar refractivity (Wildman–Crippen MR) is 136 cm³/mol. The van der Waals surface area contributed by atoms with Crippen molar-refractivity contribution < 1.29 is 4.79 Å². The molecule has 1 heterocycles. The quantitative estimate of drug-likeness (QED) is 0.531. The van der Waals surface area contributed by atoms with Crippen LogP contribution < -0.4 is 5.32 Å². The second-order valence-corrected chi connectivity index (χ2v) is 9.17. The third-order valence-corrected chi connectivity index (χ3v) is 6.93. The fourth-order valence-corrected chi connectivity index (χ4v) is 4.87. The number of hydrogen-bond acceptors (Lipinski definition) is 4. The molecule has 1 saturated heterocycles. The third-order valence-electron chi connectivity index (χ3n) is 6.93. The van der Waals surface area contributed by atoms with Crippen molar-refractivity contribution in [2.24, 2.45) is 0 Å². The van der Waals surface area contributed by atoms with Gasteiger partial charge in [-0.15, -0.1) is 0 Å². The van der Waals surface area contributed by atoms with Crippen LogP contribution in [0, 0.1) is 22.7 Å². The number of nitriles is 2. The standard InChI is InChI=1S/C30H30N4O/c31-22-25-13-11-24(12-14-25)21-29(35)33-28-15-18-34(19-16-28)20-17-30(23-32,26-7-3-1-4-8-26)27-9-5-2-6-10-27/h1-14,28H,15-21H2,(H,33,35). The molecule has 1 fully saturated rings. The van der Waals surface area contributed by atoms with Crippen LogP contribution in [0.3, 0.4) is 0 Å². The largest absolute Gasteiger partial charge is 0.353 e. The topological polar surface area (TPSA) is 79.9 Å². The van der Waals surface area contributed by atoms with Gasteiger partial charge in [0.05, 0.1) is 24.1 Å². The van der Waals surface area contributed by atoms with Gasteiger partial charge in [0, 0.05) is 25.7 Å². The van der Waals surface area contributed by atoms with Gasteiger partial charge in [-0.25, -0.2) is 0 Å². The van der Waals surface area contributed by atoms with Crippen LogP contribution in [-0.2, 0) is 16.6 Å². The molecular weight excluding hydrogens is 432 g/mol. The Morgan fingerprint density at radius 1 is 0.886 bits per heavy atom. The van der Waals surface area contributed by atoms with E-state index in [1.165, 1.54) is 0 Å². The SMILES string of the molecule is N#Cc1ccc(CC(=O)NC2CCN(CCC(C#N)(c3ccccc3)c3ccccc3)CC2)cc1. The van der Waals surface area contributed by atoms with Crippen LogP contribution in [0.4, 0.5) is 0 Å². The Morgan fingerprint density at radius 3 is 1.97 bits per heavy atom. The van der Waals surface area contributed by atoms with Gasteiger partial charge in [-0.2, -0.15) is 10.5 Å². The average molecular weight is 463 g/mol. The number of benzene rings is 3. The molecule has 4 rings (SSSR count). The van der Waals surface area contributed by atoms with Crippen molar-refractivity contribution in [1.82, 2.24) is 10.2 Å². The molecule has 1 aliphatic rings. The van der Waals surface area contributed by atoms with Gasteiger partial charge in [0.25, 0.3) is 0 Å². The summed E-state index contributed by atoms with van der Waals surface area (Å²) >= 11 is 0. The molecule has 3 aromatic rings. The van der Waals surface area contributed by atoms with E-state index < -0.39 is 5.41 Å². The maximum atomic E-state index is 12.5. The highest BCUT2D eigenvalue weighted by atomic mass is 16.1. The third kappa shape index (κ3) is 5.96. The van der Waals surface area contributed by atoms with Gasteiger partial charge in [-0.3, -0.25) is 4.79 Å². The van der Waals surface area contributed by atoms with Crippen LogP contribution in [0.15, 0.2) is 84.9 Å². The minimum absolute atomic E-state index is 0.0183. The van der Waals surface area contributed by atoms with Gasteiger partial charge >= 0.3 is 0 Å². The number of nitrogens with one attached hydrogen (secondary N) is 1. The number of piperidine rings is 1. The van der Waals surface area contributed by atoms with E-state index in [9.17, 15) is 10.1 Å². The highest BCUT2D eigenvalue weighted by molar-refractivity contribution is 5.78. The fourth-order valence-electron chi connectivity index (χ4n) is 4.87. The molecule has 1 N–H and O–H groups in total. The van der Waals surface area contributed by atoms with Gasteiger partial charge in [-0.05, 0) is 48.1 Å². The van der Waals surface area contributed by atoms with Crippen molar-refractivity contribution in [2.75, 3.05) is 19.6 Å². The fraction of sp³-hybridized carbons (Fsp3) is 0.300. The number of nitrogens with zero attached hydrogens (tertiary/aromatic N) is 3. The van der Waals surface area contributed by atoms with Gasteiger partial charge in [0.15, 0.2) is 0 Å². The Morgan fingerprint density at radius 2 is 1.46 bits per heavy atom. The molecule has 3 aromatic carbocycles. The minimum atomic E-state index is -0.686. The first-order valence-electron chi connectivity index (χ1n) is 12.2. The number of amides is 1. The number of hydrogen-bond donors (Lipinski definition) is 1. The molecule has 5 heteroatoms. The van der Waals surface area contributed by atoms with Gasteiger partial charge in [-0.1, -0.05) is 72.8 Å². The molecule has 0 spiro atoms. The first kappa shape index (κ1) is 24.2. The summed E-state index contributed by atoms with van der Waals surface area (Å²) in [5.41, 5.74) is 2.88. The second kappa shape index (κ2) is 11.5. The molecule has 0 atom stereocenters. The van der Waals surface area contributed by atoms with Crippen molar-refractivity contribution >= 4 is 5.91 Å². The summed E-state index contributed by atoms with van der Waals surface area (Å²) in [6.45, 7) is 2.61. The summed E-state index contributed by atoms with van der Waals surface area (Å²) in [5, 5.41) is 22.5. The van der Waals surface area contributed by atoms with E-state index in [1.807, 2.05) is 72.8 Å². The Hall–Kier alpha value is -3.93. The molecule has 35 heavy (non-hydrogen) atoms. The highest BCUT2D eigenvalue weighted by Gasteiger charge is 2.35. The summed E-state index contributed by atoms with van der Waals surface area (Å²) < 4.78 is 0. The first-order chi connectivity index (χ1) is 17.1. The van der Waals surface area contributed by atoms with Crippen LogP contribution >= 0.6 is 0 Å². The first-order valence-corrected chi connectivity index (χ1v) is 12.2. The van der Waals surface area contributed by atoms with Crippen LogP contribution in [0.5, 0.6) is 0 Å². The normalized spacial score (nSPS) is 14.6. The maximum Gasteiger partial charge on any atom is 0.224 e. The van der Waals surface area contributed by atoms with E-state index in [4.69, 9.17) is 5.26 Å². The van der Waals surface area contributed by atoms with Crippen LogP contribution in [0.1, 0.15) is 41.5 Å². The van der Waals surface area contributed by atoms with Crippen LogP contribution in [-0.4, -0.2) is 36.5 Å². The Bertz CT molecular complexity index is 1150. The number of rotatable bonds is 8. The molecule has 1 aliphatic heterocycles. The molecular formula is C30H30N4O. The van der Waals surface area contributed by atoms with E-state index in [1.54, 1.807) is 12.1 Å². The van der Waals surface area contributed by atoms with Gasteiger partial charge in [0.1, 0.15) is 5.41 Å². The zero-order chi connectivity index (χ0) is 24.5. The van der Waals surface area contributed by atoms with E-state index in [0.29, 0.717) is 18.4 Å². The smallest absolute Gasteiger partial charge is 0.224 e. The van der Waals surface area contributed by atoms with Gasteiger partial charge in [0.2, 0.25) is 5.91 Å². The lowest BCUT2D eigenvalue weighted by atomic mass is 9.73. The zero-order valence-corrected chi connectivity index (χ0v) is 19.9. The number of carbonyl (C=O) groups is 1. The highest BCUT2D eigenvalue weighted by Crippen LogP contribution is 2.35. The molecule has 0 radical (unpaired) electrons. The van der Waals surface area contributed by atoms with Crippen LogP contribution in [0.25, 0.3) is 0 Å². The summed E-state index contributed by atoms with van der Waals surface area (Å²) in [6.07, 6.45) is 2.84. The Kier molecular flexibility index (Phi) is 7.93. The molecule has 0 unspecified atom stereocenters. The predicted octanol–water partition coefficient (Wildman–Crippen LogP) is 4.58. The second-order valence-electron chi connectivity index (χ2n) is 9.17. The summed E-state index contributed by atoms with van der Waals surface area (Å²) in [5.74, 6) is 0.0183. The van der Waals surface area contributed by atoms with Crippen molar-refractivity contribution in [3.8, 4) is 12.1 Å². The molecule has 0 bridgehead atoms. The van der Waals surface area contributed by atoms with Crippen molar-refractivity contribution in [3.05, 3.63) is 107 Å². The molecule has 1 amide bonds. The lowest BCUT2D eigenvalue weighted by Crippen LogP contribution is -2.46. The van der Waals surface area contributed by atoms with E-state index in [0.717, 1.165) is 49.2 Å². The average Bonchev–Trinajstić information content (AvgIpc) is 2.92. The Labute approximate surface area is 207 Å². The molecule has 0 aliphatic carbocycles. The summed E-state index contributed by atoms with van der Waals surface area (Å²) in [6, 6.07) is 32.2. The zero-order valence-electron chi connectivity index (χ0n) is 19.9. The summed E-state index contributed by atoms with van der Waals surface area (Å²) in [4.78, 5) is 14.9. The minimum Gasteiger partial charge on any atom is -0.353 e. The lowest BCUT2D eigenvalue weighted by molar-refractivity contribution is -0.121. The summed E-state index contributed by atoms with van der Waals surface area (Å²) in [7, 11) is 0. The van der Waals surface area contributed by atoms with Crippen molar-refractivity contribution in [2.45, 2.75) is 37.1 Å². The lowest BCUT2D eigenvalue weighted by Gasteiger charge is -2.35. The van der Waals surface area contributed by atoms with Crippen LogP contribution in [0.2, 0.25) is 0 Å². The van der Waals surface area contributed by atoms with Gasteiger partial charge < -0.3 is 10.2 Å². The van der Waals surface area contributed by atoms with Crippen molar-refractivity contribution in [1.29, 1.82) is 10.5 Å². The number of carbonyl (C=O) groups excluding carboxylic acids is 1. The van der Waals surface area contributed by atoms with E-state index in [2.05, 4.69) is 22.4 Å². The monoisotopic (exact) mass is 462 g/mol. The molecule has 176 valence electrons. The number of likely N-dealkylation sites (tertiary alicyclic amines) is 1. The molecule has 0 saturated carbocycles. The van der Waals surface area contributed by atoms with E-state index in [-0.39, 0.29) is 11.9 Å². The molecule has 0 aromatic heterocycles. The maximum absolute atomic E-state index is 12.5.